The van der Waals surface area contributed by atoms with Gasteiger partial charge in [0.15, 0.2) is 23.1 Å². The number of fused-ring (bicyclic) bond motifs is 10. The Kier molecular flexibility index (Phi) is 8.79. The van der Waals surface area contributed by atoms with Gasteiger partial charge in [0.05, 0.1) is 22.1 Å². The fourth-order valence-electron chi connectivity index (χ4n) is 10.4. The summed E-state index contributed by atoms with van der Waals surface area (Å²) in [5, 5.41) is 6.86. The first-order valence-corrected chi connectivity index (χ1v) is 23.3. The molecule has 0 saturated carbocycles. The van der Waals surface area contributed by atoms with Gasteiger partial charge in [-0.1, -0.05) is 164 Å². The van der Waals surface area contributed by atoms with Crippen molar-refractivity contribution in [3.63, 3.8) is 0 Å². The first-order chi connectivity index (χ1) is 34.2. The standard InChI is InChI=1S/C63H39N5O/c1-4-16-40(17-5-1)41-28-30-43(31-29-41)62-64-61(42-18-6-2-7-19-42)65-63(66-62)44-32-35-47(36-33-44)68-55-26-14-11-24-50(55)58-51(39-53-49-23-12-15-27-57(49)69-60(53)59(58)68)45-34-37-56-52(38-45)48-22-10-13-25-54(48)67(56)46-20-8-3-9-21-46/h1-39H. The summed E-state index contributed by atoms with van der Waals surface area (Å²) in [7, 11) is 0. The molecule has 0 bridgehead atoms. The summed E-state index contributed by atoms with van der Waals surface area (Å²) in [5.74, 6) is 1.84. The maximum Gasteiger partial charge on any atom is 0.164 e. The molecule has 322 valence electrons. The van der Waals surface area contributed by atoms with Crippen molar-refractivity contribution in [2.75, 3.05) is 0 Å². The average Bonchev–Trinajstić information content (AvgIpc) is 4.09. The smallest absolute Gasteiger partial charge is 0.164 e. The summed E-state index contributed by atoms with van der Waals surface area (Å²) in [6, 6.07) is 83.3. The second kappa shape index (κ2) is 15.6. The Balaban J connectivity index is 0.956. The van der Waals surface area contributed by atoms with Crippen LogP contribution in [0.25, 0.3) is 133 Å². The molecule has 6 nitrogen and oxygen atoms in total. The van der Waals surface area contributed by atoms with Gasteiger partial charge < -0.3 is 13.6 Å². The van der Waals surface area contributed by atoms with Crippen LogP contribution in [0.15, 0.2) is 241 Å². The van der Waals surface area contributed by atoms with Gasteiger partial charge in [0, 0.05) is 60.4 Å². The molecular weight excluding hydrogens is 843 g/mol. The van der Waals surface area contributed by atoms with Crippen molar-refractivity contribution in [2.24, 2.45) is 0 Å². The molecule has 0 amide bonds. The normalized spacial score (nSPS) is 11.8. The van der Waals surface area contributed by atoms with Gasteiger partial charge in [-0.3, -0.25) is 0 Å². The molecule has 0 spiro atoms. The molecular formula is C63H39N5O. The Morgan fingerprint density at radius 3 is 1.45 bits per heavy atom. The summed E-state index contributed by atoms with van der Waals surface area (Å²) < 4.78 is 11.7. The Labute approximate surface area is 396 Å². The van der Waals surface area contributed by atoms with Crippen LogP contribution in [0.2, 0.25) is 0 Å². The quantitative estimate of drug-likeness (QED) is 0.160. The topological polar surface area (TPSA) is 61.7 Å². The van der Waals surface area contributed by atoms with E-state index >= 15 is 0 Å². The van der Waals surface area contributed by atoms with Crippen LogP contribution in [0.3, 0.4) is 0 Å². The molecule has 14 aromatic rings. The number of nitrogens with zero attached hydrogens (tertiary/aromatic N) is 5. The third-order valence-corrected chi connectivity index (χ3v) is 13.6. The number of rotatable bonds is 7. The van der Waals surface area contributed by atoms with Gasteiger partial charge in [0.25, 0.3) is 0 Å². The van der Waals surface area contributed by atoms with Crippen LogP contribution >= 0.6 is 0 Å². The third-order valence-electron chi connectivity index (χ3n) is 13.6. The number of furan rings is 1. The molecule has 0 radical (unpaired) electrons. The number of aromatic nitrogens is 5. The monoisotopic (exact) mass is 881 g/mol. The molecule has 0 unspecified atom stereocenters. The molecule has 6 heteroatoms. The van der Waals surface area contributed by atoms with Crippen LogP contribution in [-0.2, 0) is 0 Å². The Bertz CT molecular complexity index is 4270. The summed E-state index contributed by atoms with van der Waals surface area (Å²) >= 11 is 0. The molecule has 0 atom stereocenters. The summed E-state index contributed by atoms with van der Waals surface area (Å²) in [6.07, 6.45) is 0. The first kappa shape index (κ1) is 38.8. The first-order valence-electron chi connectivity index (χ1n) is 23.3. The SMILES string of the molecule is c1ccc(-c2ccc(-c3nc(-c4ccccc4)nc(-c4ccc(-n5c6ccccc6c6c(-c7ccc8c(c7)c7ccccc7n8-c7ccccc7)cc7c8ccccc8oc7c65)cc4)n3)cc2)cc1. The van der Waals surface area contributed by atoms with Gasteiger partial charge in [0.2, 0.25) is 0 Å². The van der Waals surface area contributed by atoms with Gasteiger partial charge >= 0.3 is 0 Å². The van der Waals surface area contributed by atoms with Crippen LogP contribution < -0.4 is 0 Å². The van der Waals surface area contributed by atoms with Crippen molar-refractivity contribution >= 4 is 65.6 Å². The van der Waals surface area contributed by atoms with Gasteiger partial charge in [0.1, 0.15) is 5.58 Å². The zero-order valence-corrected chi connectivity index (χ0v) is 37.2. The van der Waals surface area contributed by atoms with Crippen molar-refractivity contribution in [3.8, 4) is 67.8 Å². The lowest BCUT2D eigenvalue weighted by Gasteiger charge is -2.12. The lowest BCUT2D eigenvalue weighted by molar-refractivity contribution is 0.671. The zero-order valence-electron chi connectivity index (χ0n) is 37.2. The Morgan fingerprint density at radius 1 is 0.304 bits per heavy atom. The summed E-state index contributed by atoms with van der Waals surface area (Å²) in [4.78, 5) is 15.2. The lowest BCUT2D eigenvalue weighted by Crippen LogP contribution is -2.00. The molecule has 14 rings (SSSR count). The van der Waals surface area contributed by atoms with E-state index in [1.165, 1.54) is 21.8 Å². The molecule has 0 N–H and O–H groups in total. The van der Waals surface area contributed by atoms with Crippen molar-refractivity contribution in [2.45, 2.75) is 0 Å². The molecule has 4 heterocycles. The van der Waals surface area contributed by atoms with Gasteiger partial charge in [-0.25, -0.2) is 15.0 Å². The van der Waals surface area contributed by atoms with E-state index in [0.29, 0.717) is 17.5 Å². The number of benzene rings is 10. The molecule has 0 saturated heterocycles. The van der Waals surface area contributed by atoms with Crippen LogP contribution in [-0.4, -0.2) is 24.1 Å². The molecule has 0 aliphatic rings. The lowest BCUT2D eigenvalue weighted by atomic mass is 9.95. The highest BCUT2D eigenvalue weighted by Gasteiger charge is 2.24. The highest BCUT2D eigenvalue weighted by atomic mass is 16.3. The number of hydrogen-bond acceptors (Lipinski definition) is 4. The van der Waals surface area contributed by atoms with Crippen molar-refractivity contribution in [1.82, 2.24) is 24.1 Å². The minimum Gasteiger partial charge on any atom is -0.454 e. The summed E-state index contributed by atoms with van der Waals surface area (Å²) in [5.41, 5.74) is 15.6. The second-order valence-corrected chi connectivity index (χ2v) is 17.6. The predicted octanol–water partition coefficient (Wildman–Crippen LogP) is 16.3. The highest BCUT2D eigenvalue weighted by molar-refractivity contribution is 6.26. The van der Waals surface area contributed by atoms with E-state index in [1.807, 2.05) is 42.5 Å². The van der Waals surface area contributed by atoms with E-state index in [-0.39, 0.29) is 0 Å². The molecule has 0 aliphatic carbocycles. The van der Waals surface area contributed by atoms with E-state index in [1.54, 1.807) is 0 Å². The van der Waals surface area contributed by atoms with Crippen LogP contribution in [0.5, 0.6) is 0 Å². The van der Waals surface area contributed by atoms with Crippen molar-refractivity contribution in [1.29, 1.82) is 0 Å². The van der Waals surface area contributed by atoms with E-state index in [9.17, 15) is 0 Å². The molecule has 0 aliphatic heterocycles. The minimum atomic E-state index is 0.603. The zero-order chi connectivity index (χ0) is 45.4. The average molecular weight is 882 g/mol. The summed E-state index contributed by atoms with van der Waals surface area (Å²) in [6.45, 7) is 0. The molecule has 10 aromatic carbocycles. The van der Waals surface area contributed by atoms with Crippen LogP contribution in [0.4, 0.5) is 0 Å². The molecule has 4 aromatic heterocycles. The fourth-order valence-corrected chi connectivity index (χ4v) is 10.4. The van der Waals surface area contributed by atoms with E-state index < -0.39 is 0 Å². The minimum absolute atomic E-state index is 0.603. The van der Waals surface area contributed by atoms with Gasteiger partial charge in [-0.15, -0.1) is 0 Å². The highest BCUT2D eigenvalue weighted by Crippen LogP contribution is 2.46. The maximum absolute atomic E-state index is 6.91. The Hall–Kier alpha value is -9.39. The largest absolute Gasteiger partial charge is 0.454 e. The Morgan fingerprint density at radius 2 is 0.768 bits per heavy atom. The van der Waals surface area contributed by atoms with E-state index in [4.69, 9.17) is 19.4 Å². The van der Waals surface area contributed by atoms with Gasteiger partial charge in [-0.05, 0) is 95.1 Å². The van der Waals surface area contributed by atoms with E-state index in [0.717, 1.165) is 94.1 Å². The number of hydrogen-bond donors (Lipinski definition) is 0. The third kappa shape index (κ3) is 6.30. The maximum atomic E-state index is 6.91. The van der Waals surface area contributed by atoms with Crippen molar-refractivity contribution < 1.29 is 4.42 Å². The second-order valence-electron chi connectivity index (χ2n) is 17.6. The predicted molar refractivity (Wildman–Crippen MR) is 283 cm³/mol. The number of para-hydroxylation sites is 4. The fraction of sp³-hybridized carbons (Fsp3) is 0. The molecule has 69 heavy (non-hydrogen) atoms. The van der Waals surface area contributed by atoms with Crippen molar-refractivity contribution in [3.05, 3.63) is 237 Å². The molecule has 0 fully saturated rings. The van der Waals surface area contributed by atoms with Crippen LogP contribution in [0, 0.1) is 0 Å². The van der Waals surface area contributed by atoms with Crippen LogP contribution in [0.1, 0.15) is 0 Å². The van der Waals surface area contributed by atoms with E-state index in [2.05, 4.69) is 203 Å². The van der Waals surface area contributed by atoms with Gasteiger partial charge in [-0.2, -0.15) is 0 Å².